The quantitative estimate of drug-likeness (QED) is 0.702. The van der Waals surface area contributed by atoms with E-state index in [4.69, 9.17) is 0 Å². The van der Waals surface area contributed by atoms with Gasteiger partial charge in [-0.1, -0.05) is 20.8 Å². The summed E-state index contributed by atoms with van der Waals surface area (Å²) in [6.07, 6.45) is 1.81. The number of likely N-dealkylation sites (N-methyl/N-ethyl adjacent to an activating group) is 2. The van der Waals surface area contributed by atoms with Crippen molar-refractivity contribution in [3.05, 3.63) is 12.0 Å². The fourth-order valence-electron chi connectivity index (χ4n) is 0.825. The van der Waals surface area contributed by atoms with E-state index >= 15 is 0 Å². The molecule has 0 aromatic rings. The molecule has 0 saturated heterocycles. The second-order valence-corrected chi connectivity index (χ2v) is 5.05. The molecule has 0 aromatic carbocycles. The molecule has 0 saturated carbocycles. The third kappa shape index (κ3) is 5.86. The minimum Gasteiger partial charge on any atom is -0.510 e. The van der Waals surface area contributed by atoms with Crippen LogP contribution in [0.2, 0.25) is 0 Å². The smallest absolute Gasteiger partial charge is 0.113 e. The lowest BCUT2D eigenvalue weighted by Gasteiger charge is -2.22. The Hall–Kier alpha value is -0.700. The third-order valence-electron chi connectivity index (χ3n) is 2.01. The molecule has 84 valence electrons. The van der Waals surface area contributed by atoms with Crippen molar-refractivity contribution in [2.45, 2.75) is 20.8 Å². The molecule has 14 heavy (non-hydrogen) atoms. The molecular weight excluding hydrogens is 176 g/mol. The average molecular weight is 200 g/mol. The Morgan fingerprint density at radius 2 is 1.64 bits per heavy atom. The Labute approximate surface area is 88.0 Å². The Balaban J connectivity index is 4.09. The van der Waals surface area contributed by atoms with Crippen LogP contribution in [0.4, 0.5) is 0 Å². The largest absolute Gasteiger partial charge is 0.510 e. The van der Waals surface area contributed by atoms with Gasteiger partial charge >= 0.3 is 0 Å². The summed E-state index contributed by atoms with van der Waals surface area (Å²) in [7, 11) is 6.06. The number of nitrogens with zero attached hydrogens (tertiary/aromatic N) is 2. The minimum atomic E-state index is -0.160. The predicted molar refractivity (Wildman–Crippen MR) is 61.4 cm³/mol. The fourth-order valence-corrected chi connectivity index (χ4v) is 0.825. The van der Waals surface area contributed by atoms with Crippen LogP contribution in [0.5, 0.6) is 0 Å². The zero-order valence-corrected chi connectivity index (χ0v) is 10.3. The van der Waals surface area contributed by atoms with Gasteiger partial charge in [-0.05, 0) is 14.1 Å². The molecule has 0 bridgehead atoms. The molecule has 0 unspecified atom stereocenters. The van der Waals surface area contributed by atoms with E-state index in [2.05, 4.69) is 4.90 Å². The second-order valence-electron chi connectivity index (χ2n) is 5.05. The van der Waals surface area contributed by atoms with Gasteiger partial charge in [-0.3, -0.25) is 0 Å². The van der Waals surface area contributed by atoms with Gasteiger partial charge in [0, 0.05) is 31.8 Å². The molecule has 0 aliphatic rings. The van der Waals surface area contributed by atoms with E-state index in [0.717, 1.165) is 13.1 Å². The molecule has 0 heterocycles. The highest BCUT2D eigenvalue weighted by atomic mass is 16.3. The molecule has 0 aromatic heterocycles. The molecule has 0 atom stereocenters. The number of rotatable bonds is 4. The van der Waals surface area contributed by atoms with Crippen LogP contribution in [-0.2, 0) is 0 Å². The number of hydrogen-bond acceptors (Lipinski definition) is 3. The lowest BCUT2D eigenvalue weighted by Crippen LogP contribution is -2.26. The summed E-state index contributed by atoms with van der Waals surface area (Å²) in [5.74, 6) is 0.429. The van der Waals surface area contributed by atoms with Crippen LogP contribution >= 0.6 is 0 Å². The number of allylic oxidation sites excluding steroid dienone is 1. The SMILES string of the molecule is CN(C)CCN(C)C=C(O)C(C)(C)C. The minimum absolute atomic E-state index is 0.160. The van der Waals surface area contributed by atoms with Crippen molar-refractivity contribution in [3.8, 4) is 0 Å². The Bertz CT molecular complexity index is 192. The first kappa shape index (κ1) is 13.3. The maximum absolute atomic E-state index is 9.73. The Morgan fingerprint density at radius 1 is 1.14 bits per heavy atom. The highest BCUT2D eigenvalue weighted by molar-refractivity contribution is 5.00. The molecule has 3 nitrogen and oxygen atoms in total. The van der Waals surface area contributed by atoms with Crippen molar-refractivity contribution in [2.75, 3.05) is 34.2 Å². The zero-order valence-electron chi connectivity index (χ0n) is 10.3. The van der Waals surface area contributed by atoms with Gasteiger partial charge in [0.15, 0.2) is 0 Å². The number of hydrogen-bond donors (Lipinski definition) is 1. The van der Waals surface area contributed by atoms with Crippen LogP contribution in [0.25, 0.3) is 0 Å². The van der Waals surface area contributed by atoms with Crippen molar-refractivity contribution >= 4 is 0 Å². The van der Waals surface area contributed by atoms with Crippen molar-refractivity contribution in [2.24, 2.45) is 5.41 Å². The molecule has 0 fully saturated rings. The van der Waals surface area contributed by atoms with E-state index in [1.807, 2.05) is 53.0 Å². The van der Waals surface area contributed by atoms with Crippen LogP contribution in [0.3, 0.4) is 0 Å². The Morgan fingerprint density at radius 3 is 2.00 bits per heavy atom. The van der Waals surface area contributed by atoms with Crippen LogP contribution in [0.1, 0.15) is 20.8 Å². The molecule has 3 heteroatoms. The second kappa shape index (κ2) is 5.25. The van der Waals surface area contributed by atoms with E-state index in [0.29, 0.717) is 5.76 Å². The molecule has 0 spiro atoms. The van der Waals surface area contributed by atoms with Gasteiger partial charge in [-0.25, -0.2) is 0 Å². The topological polar surface area (TPSA) is 26.7 Å². The van der Waals surface area contributed by atoms with E-state index < -0.39 is 0 Å². The van der Waals surface area contributed by atoms with E-state index in [-0.39, 0.29) is 5.41 Å². The van der Waals surface area contributed by atoms with Crippen molar-refractivity contribution in [3.63, 3.8) is 0 Å². The molecule has 0 radical (unpaired) electrons. The van der Waals surface area contributed by atoms with Gasteiger partial charge in [-0.15, -0.1) is 0 Å². The van der Waals surface area contributed by atoms with Crippen LogP contribution < -0.4 is 0 Å². The van der Waals surface area contributed by atoms with E-state index in [1.54, 1.807) is 0 Å². The van der Waals surface area contributed by atoms with Gasteiger partial charge in [0.05, 0.1) is 0 Å². The van der Waals surface area contributed by atoms with E-state index in [1.165, 1.54) is 0 Å². The number of aliphatic hydroxyl groups is 1. The molecular formula is C11H24N2O. The van der Waals surface area contributed by atoms with Gasteiger partial charge in [-0.2, -0.15) is 0 Å². The lowest BCUT2D eigenvalue weighted by atomic mass is 9.94. The summed E-state index contributed by atoms with van der Waals surface area (Å²) in [6, 6.07) is 0. The predicted octanol–water partition coefficient (Wildman–Crippen LogP) is 1.93. The lowest BCUT2D eigenvalue weighted by molar-refractivity contribution is 0.255. The fraction of sp³-hybridized carbons (Fsp3) is 0.818. The Kier molecular flexibility index (Phi) is 4.99. The zero-order chi connectivity index (χ0) is 11.4. The third-order valence-corrected chi connectivity index (χ3v) is 2.01. The van der Waals surface area contributed by atoms with Gasteiger partial charge < -0.3 is 14.9 Å². The maximum Gasteiger partial charge on any atom is 0.113 e. The summed E-state index contributed by atoms with van der Waals surface area (Å²) in [4.78, 5) is 4.14. The average Bonchev–Trinajstić information content (AvgIpc) is 1.99. The molecule has 1 N–H and O–H groups in total. The molecule has 0 aliphatic heterocycles. The van der Waals surface area contributed by atoms with Crippen molar-refractivity contribution < 1.29 is 5.11 Å². The van der Waals surface area contributed by atoms with Crippen LogP contribution in [-0.4, -0.2) is 49.1 Å². The van der Waals surface area contributed by atoms with Crippen molar-refractivity contribution in [1.29, 1.82) is 0 Å². The summed E-state index contributed by atoms with van der Waals surface area (Å²) in [5.41, 5.74) is -0.160. The first-order chi connectivity index (χ1) is 6.23. The van der Waals surface area contributed by atoms with Gasteiger partial charge in [0.25, 0.3) is 0 Å². The highest BCUT2D eigenvalue weighted by Crippen LogP contribution is 2.22. The van der Waals surface area contributed by atoms with Gasteiger partial charge in [0.2, 0.25) is 0 Å². The normalized spacial score (nSPS) is 13.5. The maximum atomic E-state index is 9.73. The highest BCUT2D eigenvalue weighted by Gasteiger charge is 2.16. The van der Waals surface area contributed by atoms with Crippen molar-refractivity contribution in [1.82, 2.24) is 9.80 Å². The molecule has 0 amide bonds. The van der Waals surface area contributed by atoms with Crippen LogP contribution in [0.15, 0.2) is 12.0 Å². The summed E-state index contributed by atoms with van der Waals surface area (Å²) < 4.78 is 0. The summed E-state index contributed by atoms with van der Waals surface area (Å²) in [6.45, 7) is 7.91. The van der Waals surface area contributed by atoms with Gasteiger partial charge in [0.1, 0.15) is 5.76 Å². The van der Waals surface area contributed by atoms with E-state index in [9.17, 15) is 5.11 Å². The monoisotopic (exact) mass is 200 g/mol. The number of aliphatic hydroxyl groups excluding tert-OH is 1. The summed E-state index contributed by atoms with van der Waals surface area (Å²) in [5, 5.41) is 9.73. The van der Waals surface area contributed by atoms with Crippen LogP contribution in [0, 0.1) is 5.41 Å². The summed E-state index contributed by atoms with van der Waals surface area (Å²) >= 11 is 0. The first-order valence-electron chi connectivity index (χ1n) is 4.99. The first-order valence-corrected chi connectivity index (χ1v) is 4.99. The molecule has 0 rings (SSSR count). The molecule has 0 aliphatic carbocycles. The standard InChI is InChI=1S/C11H24N2O/c1-11(2,3)10(14)9-13(6)8-7-12(4)5/h9,14H,7-8H2,1-6H3.